The second-order valence-corrected chi connectivity index (χ2v) is 10.1. The molecule has 0 unspecified atom stereocenters. The van der Waals surface area contributed by atoms with Crippen molar-refractivity contribution in [1.29, 1.82) is 0 Å². The summed E-state index contributed by atoms with van der Waals surface area (Å²) < 4.78 is 17.0. The maximum atomic E-state index is 13.3. The Kier molecular flexibility index (Phi) is 6.98. The summed E-state index contributed by atoms with van der Waals surface area (Å²) in [4.78, 5) is 29.3. The van der Waals surface area contributed by atoms with E-state index in [0.717, 1.165) is 20.9 Å². The third-order valence-corrected chi connectivity index (χ3v) is 6.93. The fourth-order valence-corrected chi connectivity index (χ4v) is 4.90. The Labute approximate surface area is 241 Å². The Morgan fingerprint density at radius 2 is 1.80 bits per heavy atom. The van der Waals surface area contributed by atoms with Crippen molar-refractivity contribution in [2.45, 2.75) is 0 Å². The molecule has 0 saturated heterocycles. The largest absolute Gasteiger partial charge is 0.454 e. The van der Waals surface area contributed by atoms with Crippen LogP contribution in [0.15, 0.2) is 94.5 Å². The van der Waals surface area contributed by atoms with Gasteiger partial charge >= 0.3 is 5.97 Å². The first kappa shape index (κ1) is 25.7. The Morgan fingerprint density at radius 3 is 2.65 bits per heavy atom. The number of nitrogens with one attached hydrogen (secondary N) is 2. The first-order valence-corrected chi connectivity index (χ1v) is 13.2. The van der Waals surface area contributed by atoms with Crippen molar-refractivity contribution in [2.75, 3.05) is 6.79 Å². The number of ether oxygens (including phenoxy) is 3. The van der Waals surface area contributed by atoms with Crippen LogP contribution >= 0.6 is 27.5 Å². The minimum Gasteiger partial charge on any atom is -0.454 e. The van der Waals surface area contributed by atoms with E-state index in [1.54, 1.807) is 42.5 Å². The summed E-state index contributed by atoms with van der Waals surface area (Å²) in [6.45, 7) is 0.103. The third kappa shape index (κ3) is 5.16. The topological polar surface area (TPSA) is 102 Å². The van der Waals surface area contributed by atoms with Crippen molar-refractivity contribution in [3.05, 3.63) is 111 Å². The Balaban J connectivity index is 1.25. The van der Waals surface area contributed by atoms with Crippen LogP contribution in [0, 0.1) is 0 Å². The SMILES string of the molecule is O=C(Oc1ccc(Br)cc1C=NNC(=O)c1[nH]c2ccc(Cl)cc2c1-c1ccccc1)c1ccc2c(c1)OCO2. The molecule has 0 radical (unpaired) electrons. The van der Waals surface area contributed by atoms with Gasteiger partial charge in [0.05, 0.1) is 11.8 Å². The average molecular weight is 617 g/mol. The van der Waals surface area contributed by atoms with Crippen molar-refractivity contribution in [1.82, 2.24) is 10.4 Å². The summed E-state index contributed by atoms with van der Waals surface area (Å²) in [5, 5.41) is 5.53. The molecule has 2 heterocycles. The lowest BCUT2D eigenvalue weighted by Crippen LogP contribution is -2.19. The molecule has 0 saturated carbocycles. The smallest absolute Gasteiger partial charge is 0.343 e. The van der Waals surface area contributed by atoms with E-state index in [4.69, 9.17) is 25.8 Å². The van der Waals surface area contributed by atoms with E-state index in [2.05, 4.69) is 31.4 Å². The van der Waals surface area contributed by atoms with Crippen LogP contribution in [0.25, 0.3) is 22.0 Å². The van der Waals surface area contributed by atoms with Crippen molar-refractivity contribution < 1.29 is 23.8 Å². The number of hydrogen-bond acceptors (Lipinski definition) is 6. The number of carbonyl (C=O) groups is 2. The van der Waals surface area contributed by atoms with Crippen LogP contribution < -0.4 is 19.6 Å². The number of hydrazone groups is 1. The van der Waals surface area contributed by atoms with Gasteiger partial charge in [-0.1, -0.05) is 57.9 Å². The van der Waals surface area contributed by atoms with E-state index >= 15 is 0 Å². The molecule has 198 valence electrons. The highest BCUT2D eigenvalue weighted by molar-refractivity contribution is 9.10. The van der Waals surface area contributed by atoms with Crippen LogP contribution in [0.5, 0.6) is 17.2 Å². The van der Waals surface area contributed by atoms with E-state index in [-0.39, 0.29) is 12.5 Å². The Bertz CT molecular complexity index is 1800. The summed E-state index contributed by atoms with van der Waals surface area (Å²) in [5.41, 5.74) is 6.02. The molecule has 0 aliphatic carbocycles. The lowest BCUT2D eigenvalue weighted by atomic mass is 10.0. The number of halogens is 2. The fourth-order valence-electron chi connectivity index (χ4n) is 4.35. The monoisotopic (exact) mass is 615 g/mol. The van der Waals surface area contributed by atoms with Gasteiger partial charge in [0.15, 0.2) is 11.5 Å². The summed E-state index contributed by atoms with van der Waals surface area (Å²) in [6, 6.07) is 24.9. The average Bonchev–Trinajstić information content (AvgIpc) is 3.59. The lowest BCUT2D eigenvalue weighted by molar-refractivity contribution is 0.0733. The van der Waals surface area contributed by atoms with E-state index in [9.17, 15) is 9.59 Å². The van der Waals surface area contributed by atoms with E-state index in [1.807, 2.05) is 42.5 Å². The predicted molar refractivity (Wildman–Crippen MR) is 155 cm³/mol. The quantitative estimate of drug-likeness (QED) is 0.0929. The van der Waals surface area contributed by atoms with Gasteiger partial charge in [-0.05, 0) is 60.2 Å². The summed E-state index contributed by atoms with van der Waals surface area (Å²) in [6.07, 6.45) is 1.41. The van der Waals surface area contributed by atoms with Crippen LogP contribution in [-0.4, -0.2) is 29.9 Å². The molecule has 4 aromatic carbocycles. The highest BCUT2D eigenvalue weighted by Crippen LogP contribution is 2.35. The zero-order valence-corrected chi connectivity index (χ0v) is 23.0. The maximum absolute atomic E-state index is 13.3. The minimum absolute atomic E-state index is 0.103. The maximum Gasteiger partial charge on any atom is 0.343 e. The van der Waals surface area contributed by atoms with Crippen LogP contribution in [0.2, 0.25) is 5.02 Å². The number of benzene rings is 4. The molecular formula is C30H19BrClN3O5. The standard InChI is InChI=1S/C30H19BrClN3O5/c31-20-7-11-24(40-30(37)18-6-10-25-26(13-18)39-16-38-25)19(12-20)15-33-35-29(36)28-27(17-4-2-1-3-5-17)22-14-21(32)8-9-23(22)34-28/h1-15,34H,16H2,(H,35,36). The third-order valence-electron chi connectivity index (χ3n) is 6.20. The molecule has 5 aromatic rings. The zero-order chi connectivity index (χ0) is 27.6. The fraction of sp³-hybridized carbons (Fsp3) is 0.0333. The number of H-pyrrole nitrogens is 1. The molecule has 0 atom stereocenters. The predicted octanol–water partition coefficient (Wildman–Crippen LogP) is 6.96. The molecule has 1 aliphatic heterocycles. The van der Waals surface area contributed by atoms with E-state index in [1.165, 1.54) is 6.21 Å². The summed E-state index contributed by atoms with van der Waals surface area (Å²) in [5.74, 6) is 0.273. The number of carbonyl (C=O) groups excluding carboxylic acids is 2. The van der Waals surface area contributed by atoms with Gasteiger partial charge in [0.2, 0.25) is 6.79 Å². The molecular weight excluding hydrogens is 598 g/mol. The first-order chi connectivity index (χ1) is 19.5. The second-order valence-electron chi connectivity index (χ2n) is 8.77. The second kappa shape index (κ2) is 10.9. The number of hydrogen-bond donors (Lipinski definition) is 2. The molecule has 0 spiro atoms. The van der Waals surface area contributed by atoms with Crippen LogP contribution in [0.4, 0.5) is 0 Å². The molecule has 40 heavy (non-hydrogen) atoms. The van der Waals surface area contributed by atoms with Gasteiger partial charge in [0, 0.05) is 31.5 Å². The lowest BCUT2D eigenvalue weighted by Gasteiger charge is -2.09. The van der Waals surface area contributed by atoms with Gasteiger partial charge in [-0.15, -0.1) is 0 Å². The van der Waals surface area contributed by atoms with Crippen LogP contribution in [0.1, 0.15) is 26.4 Å². The molecule has 0 fully saturated rings. The van der Waals surface area contributed by atoms with Gasteiger partial charge < -0.3 is 19.2 Å². The number of amides is 1. The summed E-state index contributed by atoms with van der Waals surface area (Å²) >= 11 is 9.68. The number of nitrogens with zero attached hydrogens (tertiary/aromatic N) is 1. The molecule has 1 amide bonds. The van der Waals surface area contributed by atoms with E-state index in [0.29, 0.717) is 38.9 Å². The van der Waals surface area contributed by atoms with Gasteiger partial charge in [-0.2, -0.15) is 5.10 Å². The number of aromatic amines is 1. The molecule has 2 N–H and O–H groups in total. The first-order valence-electron chi connectivity index (χ1n) is 12.1. The van der Waals surface area contributed by atoms with Crippen molar-refractivity contribution in [3.8, 4) is 28.4 Å². The molecule has 6 rings (SSSR count). The number of rotatable bonds is 6. The van der Waals surface area contributed by atoms with Crippen LogP contribution in [0.3, 0.4) is 0 Å². The molecule has 1 aromatic heterocycles. The Hall–Kier alpha value is -4.60. The van der Waals surface area contributed by atoms with Gasteiger partial charge in [0.25, 0.3) is 5.91 Å². The van der Waals surface area contributed by atoms with Crippen molar-refractivity contribution in [2.24, 2.45) is 5.10 Å². The Morgan fingerprint density at radius 1 is 0.975 bits per heavy atom. The van der Waals surface area contributed by atoms with Gasteiger partial charge in [-0.25, -0.2) is 10.2 Å². The molecule has 10 heteroatoms. The number of fused-ring (bicyclic) bond motifs is 2. The van der Waals surface area contributed by atoms with E-state index < -0.39 is 11.9 Å². The minimum atomic E-state index is -0.580. The zero-order valence-electron chi connectivity index (χ0n) is 20.6. The highest BCUT2D eigenvalue weighted by atomic mass is 79.9. The highest BCUT2D eigenvalue weighted by Gasteiger charge is 2.20. The molecule has 1 aliphatic rings. The molecule has 0 bridgehead atoms. The normalized spacial score (nSPS) is 12.2. The number of aromatic nitrogens is 1. The summed E-state index contributed by atoms with van der Waals surface area (Å²) in [7, 11) is 0. The van der Waals surface area contributed by atoms with Crippen molar-refractivity contribution >= 4 is 56.5 Å². The van der Waals surface area contributed by atoms with Gasteiger partial charge in [0.1, 0.15) is 11.4 Å². The van der Waals surface area contributed by atoms with Crippen molar-refractivity contribution in [3.63, 3.8) is 0 Å². The van der Waals surface area contributed by atoms with Crippen LogP contribution in [-0.2, 0) is 0 Å². The van der Waals surface area contributed by atoms with Gasteiger partial charge in [-0.3, -0.25) is 4.79 Å². The molecule has 8 nitrogen and oxygen atoms in total. The number of esters is 1.